The van der Waals surface area contributed by atoms with Crippen LogP contribution in [0.1, 0.15) is 10.6 Å². The zero-order valence-corrected chi connectivity index (χ0v) is 12.0. The van der Waals surface area contributed by atoms with Crippen LogP contribution in [0.25, 0.3) is 10.2 Å². The number of hydrogen-bond acceptors (Lipinski definition) is 2. The molecule has 1 aromatic heterocycles. The van der Waals surface area contributed by atoms with Crippen LogP contribution in [0.15, 0.2) is 53.0 Å². The Morgan fingerprint density at radius 1 is 1.06 bits per heavy atom. The molecule has 2 N–H and O–H groups in total. The molecule has 1 heterocycles. The first kappa shape index (κ1) is 11.7. The summed E-state index contributed by atoms with van der Waals surface area (Å²) in [5.74, 6) is 6.15. The van der Waals surface area contributed by atoms with Gasteiger partial charge >= 0.3 is 0 Å². The summed E-state index contributed by atoms with van der Waals surface area (Å²) in [7, 11) is 0. The molecule has 0 saturated heterocycles. The van der Waals surface area contributed by atoms with Crippen molar-refractivity contribution in [3.05, 3.63) is 63.6 Å². The number of nitrogens with two attached hydrogens (primary N) is 1. The van der Waals surface area contributed by atoms with Gasteiger partial charge in [-0.05, 0) is 17.7 Å². The minimum absolute atomic E-state index is 0.845. The Bertz CT molecular complexity index is 706. The van der Waals surface area contributed by atoms with Gasteiger partial charge in [-0.25, -0.2) is 5.84 Å². The van der Waals surface area contributed by atoms with E-state index in [0.29, 0.717) is 0 Å². The van der Waals surface area contributed by atoms with Crippen LogP contribution in [-0.2, 0) is 6.42 Å². The van der Waals surface area contributed by atoms with Gasteiger partial charge in [0.25, 0.3) is 10.5 Å². The second-order valence-corrected chi connectivity index (χ2v) is 6.07. The summed E-state index contributed by atoms with van der Waals surface area (Å²) in [6.45, 7) is 0. The van der Waals surface area contributed by atoms with Crippen molar-refractivity contribution in [3.8, 4) is 0 Å². The number of nitrogen functional groups attached to an aromatic ring is 1. The highest BCUT2D eigenvalue weighted by Crippen LogP contribution is 2.24. The van der Waals surface area contributed by atoms with Crippen LogP contribution < -0.4 is 10.5 Å². The maximum Gasteiger partial charge on any atom is 0.272 e. The predicted molar refractivity (Wildman–Crippen MR) is 79.1 cm³/mol. The van der Waals surface area contributed by atoms with Crippen molar-refractivity contribution in [3.63, 3.8) is 0 Å². The highest BCUT2D eigenvalue weighted by molar-refractivity contribution is 9.10. The molecule has 18 heavy (non-hydrogen) atoms. The third kappa shape index (κ3) is 2.02. The molecule has 0 spiro atoms. The number of benzene rings is 2. The van der Waals surface area contributed by atoms with Crippen LogP contribution in [-0.4, -0.2) is 0 Å². The molecule has 0 atom stereocenters. The zero-order chi connectivity index (χ0) is 12.5. The van der Waals surface area contributed by atoms with Crippen LogP contribution >= 0.6 is 27.3 Å². The maximum atomic E-state index is 6.15. The second-order valence-electron chi connectivity index (χ2n) is 4.10. The van der Waals surface area contributed by atoms with Gasteiger partial charge in [0.15, 0.2) is 0 Å². The van der Waals surface area contributed by atoms with E-state index in [2.05, 4.69) is 40.2 Å². The van der Waals surface area contributed by atoms with Gasteiger partial charge in [-0.2, -0.15) is 0 Å². The van der Waals surface area contributed by atoms with E-state index in [4.69, 9.17) is 5.84 Å². The highest BCUT2D eigenvalue weighted by Gasteiger charge is 2.18. The summed E-state index contributed by atoms with van der Waals surface area (Å²) in [5.41, 5.74) is 2.34. The normalized spacial score (nSPS) is 10.9. The lowest BCUT2D eigenvalue weighted by molar-refractivity contribution is -0.614. The first-order valence-corrected chi connectivity index (χ1v) is 7.27. The molecule has 0 aliphatic carbocycles. The Hall–Kier alpha value is -1.39. The van der Waals surface area contributed by atoms with Gasteiger partial charge < -0.3 is 0 Å². The molecule has 2 aromatic carbocycles. The Kier molecular flexibility index (Phi) is 3.06. The summed E-state index contributed by atoms with van der Waals surface area (Å²) in [4.78, 5) is 0. The smallest absolute Gasteiger partial charge is 0.204 e. The molecule has 0 fully saturated rings. The molecule has 2 nitrogen and oxygen atoms in total. The van der Waals surface area contributed by atoms with Gasteiger partial charge in [0.05, 0.1) is 6.42 Å². The fourth-order valence-electron chi connectivity index (χ4n) is 1.98. The Morgan fingerprint density at radius 3 is 2.56 bits per heavy atom. The molecule has 0 aliphatic rings. The topological polar surface area (TPSA) is 29.9 Å². The number of nitrogens with zero attached hydrogens (tertiary/aromatic N) is 1. The summed E-state index contributed by atoms with van der Waals surface area (Å²) in [6.07, 6.45) is 0.845. The number of fused-ring (bicyclic) bond motifs is 1. The highest BCUT2D eigenvalue weighted by atomic mass is 79.9. The SMILES string of the molecule is N[n+]1c(Cc2ccccc2Br)sc2ccccc21. The third-order valence-electron chi connectivity index (χ3n) is 2.92. The van der Waals surface area contributed by atoms with Crippen LogP contribution in [0.2, 0.25) is 0 Å². The molecule has 0 amide bonds. The van der Waals surface area contributed by atoms with Crippen molar-refractivity contribution >= 4 is 37.5 Å². The van der Waals surface area contributed by atoms with Crippen molar-refractivity contribution in [2.45, 2.75) is 6.42 Å². The van der Waals surface area contributed by atoms with Gasteiger partial charge in [0.2, 0.25) is 0 Å². The molecule has 0 aliphatic heterocycles. The molecular formula is C14H12BrN2S+. The number of para-hydroxylation sites is 1. The molecule has 0 bridgehead atoms. The number of aromatic nitrogens is 1. The van der Waals surface area contributed by atoms with E-state index in [1.54, 1.807) is 16.0 Å². The van der Waals surface area contributed by atoms with E-state index in [1.165, 1.54) is 10.3 Å². The average molecular weight is 320 g/mol. The number of thiazole rings is 1. The third-order valence-corrected chi connectivity index (χ3v) is 4.84. The van der Waals surface area contributed by atoms with Gasteiger partial charge in [-0.3, -0.25) is 0 Å². The van der Waals surface area contributed by atoms with Gasteiger partial charge in [-0.15, -0.1) is 0 Å². The van der Waals surface area contributed by atoms with E-state index in [0.717, 1.165) is 21.4 Å². The van der Waals surface area contributed by atoms with Crippen molar-refractivity contribution in [2.24, 2.45) is 0 Å². The Morgan fingerprint density at radius 2 is 1.78 bits per heavy atom. The molecule has 0 saturated carbocycles. The lowest BCUT2D eigenvalue weighted by atomic mass is 10.2. The number of rotatable bonds is 2. The quantitative estimate of drug-likeness (QED) is 0.570. The molecule has 4 heteroatoms. The van der Waals surface area contributed by atoms with Crippen LogP contribution in [0.3, 0.4) is 0 Å². The number of halogens is 1. The molecule has 3 aromatic rings. The summed E-state index contributed by atoms with van der Waals surface area (Å²) in [5, 5.41) is 1.16. The van der Waals surface area contributed by atoms with Crippen LogP contribution in [0.4, 0.5) is 0 Å². The fraction of sp³-hybridized carbons (Fsp3) is 0.0714. The number of hydrogen-bond donors (Lipinski definition) is 1. The lowest BCUT2D eigenvalue weighted by Gasteiger charge is -1.99. The summed E-state index contributed by atoms with van der Waals surface area (Å²) >= 11 is 5.32. The van der Waals surface area contributed by atoms with E-state index < -0.39 is 0 Å². The van der Waals surface area contributed by atoms with Gasteiger partial charge in [0.1, 0.15) is 4.70 Å². The molecule has 0 radical (unpaired) electrons. The molecule has 0 unspecified atom stereocenters. The van der Waals surface area contributed by atoms with Crippen molar-refractivity contribution in [1.82, 2.24) is 0 Å². The molecular weight excluding hydrogens is 308 g/mol. The van der Waals surface area contributed by atoms with Gasteiger partial charge in [-0.1, -0.05) is 62.3 Å². The van der Waals surface area contributed by atoms with Crippen molar-refractivity contribution < 1.29 is 4.68 Å². The van der Waals surface area contributed by atoms with Crippen molar-refractivity contribution in [1.29, 1.82) is 0 Å². The predicted octanol–water partition coefficient (Wildman–Crippen LogP) is 3.26. The first-order valence-electron chi connectivity index (χ1n) is 5.66. The summed E-state index contributed by atoms with van der Waals surface area (Å²) in [6, 6.07) is 16.5. The summed E-state index contributed by atoms with van der Waals surface area (Å²) < 4.78 is 4.14. The van der Waals surface area contributed by atoms with Gasteiger partial charge in [0, 0.05) is 10.5 Å². The first-order chi connectivity index (χ1) is 8.75. The van der Waals surface area contributed by atoms with Crippen LogP contribution in [0.5, 0.6) is 0 Å². The zero-order valence-electron chi connectivity index (χ0n) is 9.64. The van der Waals surface area contributed by atoms with E-state index in [9.17, 15) is 0 Å². The Labute approximate surface area is 118 Å². The minimum Gasteiger partial charge on any atom is -0.204 e. The van der Waals surface area contributed by atoms with E-state index in [1.807, 2.05) is 24.3 Å². The Balaban J connectivity index is 2.06. The molecule has 3 rings (SSSR count). The molecule has 90 valence electrons. The second kappa shape index (κ2) is 4.71. The average Bonchev–Trinajstić information content (AvgIpc) is 2.70. The fourth-order valence-corrected chi connectivity index (χ4v) is 3.50. The van der Waals surface area contributed by atoms with Crippen molar-refractivity contribution in [2.75, 3.05) is 5.84 Å². The lowest BCUT2D eigenvalue weighted by Crippen LogP contribution is -2.46. The maximum absolute atomic E-state index is 6.15. The standard InChI is InChI=1S/C14H12BrN2S/c15-11-6-2-1-5-10(11)9-14-17(16)12-7-3-4-8-13(12)18-14/h1-8H,9,16H2/q+1. The van der Waals surface area contributed by atoms with Crippen LogP contribution in [0, 0.1) is 0 Å². The largest absolute Gasteiger partial charge is 0.272 e. The van der Waals surface area contributed by atoms with E-state index in [-0.39, 0.29) is 0 Å². The monoisotopic (exact) mass is 319 g/mol. The minimum atomic E-state index is 0.845. The van der Waals surface area contributed by atoms with E-state index >= 15 is 0 Å².